The number of ether oxygens (including phenoxy) is 1. The second-order valence-electron chi connectivity index (χ2n) is 7.73. The molecule has 13 heteroatoms. The van der Waals surface area contributed by atoms with E-state index in [1.807, 2.05) is 0 Å². The number of amides is 1. The number of aromatic carboxylic acids is 1. The maximum atomic E-state index is 13.7. The first-order valence-electron chi connectivity index (χ1n) is 10.0. The molecule has 0 spiro atoms. The van der Waals surface area contributed by atoms with Crippen LogP contribution in [0.1, 0.15) is 34.5 Å². The van der Waals surface area contributed by atoms with Crippen LogP contribution in [-0.4, -0.2) is 47.2 Å². The van der Waals surface area contributed by atoms with Crippen LogP contribution in [0.2, 0.25) is 0 Å². The highest BCUT2D eigenvalue weighted by Gasteiger charge is 2.54. The minimum absolute atomic E-state index is 0.0225. The number of hydrogen-bond donors (Lipinski definition) is 2. The molecule has 1 aliphatic rings. The quantitative estimate of drug-likeness (QED) is 0.568. The summed E-state index contributed by atoms with van der Waals surface area (Å²) in [4.78, 5) is 23.9. The van der Waals surface area contributed by atoms with Gasteiger partial charge < -0.3 is 15.2 Å². The zero-order valence-corrected chi connectivity index (χ0v) is 18.2. The topological polar surface area (TPSA) is 91.2 Å². The Morgan fingerprint density at radius 1 is 1.06 bits per heavy atom. The van der Waals surface area contributed by atoms with E-state index >= 15 is 0 Å². The number of nitrogens with one attached hydrogen (secondary N) is 1. The van der Waals surface area contributed by atoms with Crippen LogP contribution in [0, 0.1) is 5.92 Å². The maximum absolute atomic E-state index is 13.7. The van der Waals surface area contributed by atoms with Gasteiger partial charge in [0.1, 0.15) is 11.7 Å². The minimum atomic E-state index is -5.02. The summed E-state index contributed by atoms with van der Waals surface area (Å²) in [6.07, 6.45) is -11.4. The van der Waals surface area contributed by atoms with E-state index in [0.717, 1.165) is 30.3 Å². The van der Waals surface area contributed by atoms with Crippen LogP contribution in [0.15, 0.2) is 53.6 Å². The third kappa shape index (κ3) is 5.84. The summed E-state index contributed by atoms with van der Waals surface area (Å²) >= 11 is 0. The minimum Gasteiger partial charge on any atom is -0.478 e. The Bertz CT molecular complexity index is 1130. The van der Waals surface area contributed by atoms with Gasteiger partial charge in [0.2, 0.25) is 12.1 Å². The first-order valence-corrected chi connectivity index (χ1v) is 10.0. The third-order valence-corrected chi connectivity index (χ3v) is 5.22. The molecule has 1 aliphatic heterocycles. The predicted molar refractivity (Wildman–Crippen MR) is 111 cm³/mol. The largest absolute Gasteiger partial charge is 0.478 e. The number of hydrogen-bond acceptors (Lipinski definition) is 5. The van der Waals surface area contributed by atoms with Crippen molar-refractivity contribution in [1.82, 2.24) is 10.3 Å². The highest BCUT2D eigenvalue weighted by molar-refractivity contribution is 6.08. The summed E-state index contributed by atoms with van der Waals surface area (Å²) in [7, 11) is 1.10. The van der Waals surface area contributed by atoms with Crippen molar-refractivity contribution < 1.29 is 45.8 Å². The van der Waals surface area contributed by atoms with Crippen LogP contribution < -0.4 is 10.1 Å². The lowest BCUT2D eigenvalue weighted by Gasteiger charge is -2.27. The van der Waals surface area contributed by atoms with Gasteiger partial charge in [0.25, 0.3) is 0 Å². The molecule has 7 nitrogen and oxygen atoms in total. The maximum Gasteiger partial charge on any atom is 0.432 e. The molecule has 2 aromatic rings. The molecule has 35 heavy (non-hydrogen) atoms. The third-order valence-electron chi connectivity index (χ3n) is 5.22. The number of benzene rings is 2. The summed E-state index contributed by atoms with van der Waals surface area (Å²) in [5.74, 6) is -4.72. The summed E-state index contributed by atoms with van der Waals surface area (Å²) in [6.45, 7) is 1.47. The standard InChI is InChI=1S/C22H19F6N3O4/c1-11(12-6-8-13(9-7-12)20(33)34)29-18(32)16-17(22(26,27)28)30-31(2)19(16)35-15-5-3-4-14(10-15)21(23,24)25/h3-11,16,19H,1-2H3,(H,29,32)(H,33,34)/t11-,16?,19?/m0/s1. The van der Waals surface area contributed by atoms with Crippen LogP contribution in [0.4, 0.5) is 26.3 Å². The average Bonchev–Trinajstić information content (AvgIpc) is 3.10. The molecular weight excluding hydrogens is 484 g/mol. The van der Waals surface area contributed by atoms with Gasteiger partial charge in [-0.15, -0.1) is 0 Å². The number of nitrogens with zero attached hydrogens (tertiary/aromatic N) is 2. The SMILES string of the molecule is C[C@H](NC(=O)C1C(C(F)(F)F)=NN(C)C1Oc1cccc(C(F)(F)F)c1)c1ccc(C(=O)O)cc1. The molecule has 3 atom stereocenters. The molecule has 0 saturated carbocycles. The van der Waals surface area contributed by atoms with Crippen LogP contribution in [-0.2, 0) is 11.0 Å². The van der Waals surface area contributed by atoms with Crippen molar-refractivity contribution in [3.05, 3.63) is 65.2 Å². The number of halogens is 6. The molecule has 1 heterocycles. The normalized spacial score (nSPS) is 19.2. The molecule has 3 rings (SSSR count). The molecule has 0 saturated heterocycles. The van der Waals surface area contributed by atoms with Crippen molar-refractivity contribution in [3.63, 3.8) is 0 Å². The molecule has 0 radical (unpaired) electrons. The molecule has 0 fully saturated rings. The van der Waals surface area contributed by atoms with Gasteiger partial charge in [-0.25, -0.2) is 4.79 Å². The van der Waals surface area contributed by atoms with Crippen molar-refractivity contribution >= 4 is 17.6 Å². The second kappa shape index (κ2) is 9.47. The zero-order chi connectivity index (χ0) is 26.1. The summed E-state index contributed by atoms with van der Waals surface area (Å²) in [6, 6.07) is 8.02. The van der Waals surface area contributed by atoms with E-state index in [1.165, 1.54) is 31.2 Å². The molecule has 0 aromatic heterocycles. The van der Waals surface area contributed by atoms with Gasteiger partial charge in [0.05, 0.1) is 17.2 Å². The fourth-order valence-corrected chi connectivity index (χ4v) is 3.46. The van der Waals surface area contributed by atoms with Crippen molar-refractivity contribution in [2.45, 2.75) is 31.5 Å². The highest BCUT2D eigenvalue weighted by Crippen LogP contribution is 2.35. The number of carbonyl (C=O) groups excluding carboxylic acids is 1. The molecule has 2 aromatic carbocycles. The number of carboxylic acids is 1. The van der Waals surface area contributed by atoms with E-state index in [4.69, 9.17) is 9.84 Å². The fourth-order valence-electron chi connectivity index (χ4n) is 3.46. The Morgan fingerprint density at radius 2 is 1.69 bits per heavy atom. The van der Waals surface area contributed by atoms with Crippen molar-refractivity contribution in [1.29, 1.82) is 0 Å². The summed E-state index contributed by atoms with van der Waals surface area (Å²) in [5.41, 5.74) is -2.16. The van der Waals surface area contributed by atoms with Crippen LogP contribution >= 0.6 is 0 Å². The lowest BCUT2D eigenvalue weighted by molar-refractivity contribution is -0.138. The molecule has 1 amide bonds. The smallest absolute Gasteiger partial charge is 0.432 e. The average molecular weight is 503 g/mol. The van der Waals surface area contributed by atoms with E-state index in [1.54, 1.807) is 0 Å². The van der Waals surface area contributed by atoms with Gasteiger partial charge in [0, 0.05) is 7.05 Å². The summed E-state index contributed by atoms with van der Waals surface area (Å²) in [5, 5.41) is 15.5. The predicted octanol–water partition coefficient (Wildman–Crippen LogP) is 4.47. The molecule has 0 bridgehead atoms. The first kappa shape index (κ1) is 25.8. The van der Waals surface area contributed by atoms with E-state index < -0.39 is 59.4 Å². The molecular formula is C22H19F6N3O4. The first-order chi connectivity index (χ1) is 16.2. The van der Waals surface area contributed by atoms with Crippen molar-refractivity contribution in [2.24, 2.45) is 11.0 Å². The van der Waals surface area contributed by atoms with Gasteiger partial charge in [-0.1, -0.05) is 18.2 Å². The Hall–Kier alpha value is -3.77. The second-order valence-corrected chi connectivity index (χ2v) is 7.73. The van der Waals surface area contributed by atoms with Gasteiger partial charge in [-0.05, 0) is 42.8 Å². The Kier molecular flexibility index (Phi) is 6.99. The Labute approximate surface area is 195 Å². The van der Waals surface area contributed by atoms with Gasteiger partial charge in [0.15, 0.2) is 5.71 Å². The van der Waals surface area contributed by atoms with Crippen LogP contribution in [0.5, 0.6) is 5.75 Å². The number of rotatable bonds is 6. The van der Waals surface area contributed by atoms with Gasteiger partial charge in [-0.3, -0.25) is 9.80 Å². The van der Waals surface area contributed by atoms with Crippen molar-refractivity contribution in [3.8, 4) is 5.75 Å². The van der Waals surface area contributed by atoms with Gasteiger partial charge >= 0.3 is 18.3 Å². The molecule has 2 N–H and O–H groups in total. The molecule has 188 valence electrons. The van der Waals surface area contributed by atoms with Crippen LogP contribution in [0.3, 0.4) is 0 Å². The molecule has 2 unspecified atom stereocenters. The number of hydrazone groups is 1. The number of carboxylic acid groups (broad SMARTS) is 1. The molecule has 0 aliphatic carbocycles. The lowest BCUT2D eigenvalue weighted by atomic mass is 9.99. The number of carbonyl (C=O) groups is 2. The van der Waals surface area contributed by atoms with Gasteiger partial charge in [-0.2, -0.15) is 31.4 Å². The Morgan fingerprint density at radius 3 is 2.23 bits per heavy atom. The Balaban J connectivity index is 1.86. The number of alkyl halides is 6. The zero-order valence-electron chi connectivity index (χ0n) is 18.2. The van der Waals surface area contributed by atoms with Crippen LogP contribution in [0.25, 0.3) is 0 Å². The van der Waals surface area contributed by atoms with E-state index in [0.29, 0.717) is 11.6 Å². The van der Waals surface area contributed by atoms with E-state index in [-0.39, 0.29) is 5.56 Å². The monoisotopic (exact) mass is 503 g/mol. The highest BCUT2D eigenvalue weighted by atomic mass is 19.4. The van der Waals surface area contributed by atoms with E-state index in [9.17, 15) is 35.9 Å². The van der Waals surface area contributed by atoms with E-state index in [2.05, 4.69) is 10.4 Å². The summed E-state index contributed by atoms with van der Waals surface area (Å²) < 4.78 is 85.4. The van der Waals surface area contributed by atoms with Crippen molar-refractivity contribution in [2.75, 3.05) is 7.05 Å². The lowest BCUT2D eigenvalue weighted by Crippen LogP contribution is -2.48. The fraction of sp³-hybridized carbons (Fsp3) is 0.318.